The predicted molar refractivity (Wildman–Crippen MR) is 45.9 cm³/mol. The topological polar surface area (TPSA) is 67.8 Å². The van der Waals surface area contributed by atoms with Crippen molar-refractivity contribution in [2.75, 3.05) is 5.32 Å². The Balaban J connectivity index is 2.27. The van der Waals surface area contributed by atoms with Crippen LogP contribution in [0.5, 0.6) is 0 Å². The van der Waals surface area contributed by atoms with Crippen LogP contribution in [0, 0.1) is 0 Å². The van der Waals surface area contributed by atoms with Gasteiger partial charge in [0.1, 0.15) is 0 Å². The number of hydrogen-bond donors (Lipinski definition) is 1. The van der Waals surface area contributed by atoms with Gasteiger partial charge in [-0.3, -0.25) is 10.1 Å². The number of carbonyl (C=O) groups is 1. The summed E-state index contributed by atoms with van der Waals surface area (Å²) in [5, 5.41) is 10.0. The Kier molecular flexibility index (Phi) is 3.59. The molecule has 12 heavy (non-hydrogen) atoms. The lowest BCUT2D eigenvalue weighted by Gasteiger charge is -1.97. The first-order chi connectivity index (χ1) is 5.83. The second-order valence-electron chi connectivity index (χ2n) is 2.32. The summed E-state index contributed by atoms with van der Waals surface area (Å²) < 4.78 is 3.52. The first-order valence-electron chi connectivity index (χ1n) is 3.78. The highest BCUT2D eigenvalue weighted by molar-refractivity contribution is 7.09. The molecule has 0 saturated carbocycles. The summed E-state index contributed by atoms with van der Waals surface area (Å²) in [5.74, 6) is -0.0181. The Morgan fingerprint density at radius 3 is 3.08 bits per heavy atom. The van der Waals surface area contributed by atoms with Crippen LogP contribution in [0.15, 0.2) is 0 Å². The first-order valence-corrected chi connectivity index (χ1v) is 4.55. The second kappa shape index (κ2) is 4.76. The van der Waals surface area contributed by atoms with E-state index in [1.807, 2.05) is 6.92 Å². The molecule has 0 aliphatic rings. The van der Waals surface area contributed by atoms with Crippen LogP contribution >= 0.6 is 11.5 Å². The van der Waals surface area contributed by atoms with Gasteiger partial charge in [-0.05, 0) is 11.6 Å². The quantitative estimate of drug-likeness (QED) is 0.763. The van der Waals surface area contributed by atoms with E-state index in [0.29, 0.717) is 11.6 Å². The van der Waals surface area contributed by atoms with E-state index in [-0.39, 0.29) is 5.91 Å². The molecule has 1 heterocycles. The molecular weight excluding hydrogens is 176 g/mol. The molecule has 5 nitrogen and oxygen atoms in total. The molecule has 1 amide bonds. The molecule has 0 bridgehead atoms. The minimum absolute atomic E-state index is 0.0181. The number of rotatable bonds is 4. The van der Waals surface area contributed by atoms with Crippen LogP contribution < -0.4 is 5.32 Å². The third-order valence-corrected chi connectivity index (χ3v) is 1.81. The Morgan fingerprint density at radius 2 is 2.50 bits per heavy atom. The lowest BCUT2D eigenvalue weighted by atomic mass is 10.2. The molecule has 0 unspecified atom stereocenters. The van der Waals surface area contributed by atoms with Gasteiger partial charge in [-0.2, -0.15) is 0 Å². The molecule has 0 aliphatic carbocycles. The summed E-state index contributed by atoms with van der Waals surface area (Å²) in [6.07, 6.45) is 2.45. The molecule has 0 spiro atoms. The Hall–Kier alpha value is -1.04. The molecule has 66 valence electrons. The molecule has 0 atom stereocenters. The van der Waals surface area contributed by atoms with Gasteiger partial charge in [-0.25, -0.2) is 0 Å². The zero-order chi connectivity index (χ0) is 8.81. The van der Waals surface area contributed by atoms with E-state index in [4.69, 9.17) is 0 Å². The smallest absolute Gasteiger partial charge is 0.231 e. The number of nitrogens with one attached hydrogen (secondary N) is 1. The number of nitrogens with zero attached hydrogens (tertiary/aromatic N) is 3. The fraction of sp³-hybridized carbons (Fsp3) is 0.667. The molecule has 1 aromatic heterocycles. The maximum atomic E-state index is 11.1. The number of aromatic nitrogens is 3. The summed E-state index contributed by atoms with van der Waals surface area (Å²) >= 11 is 1.08. The van der Waals surface area contributed by atoms with Crippen molar-refractivity contribution in [3.63, 3.8) is 0 Å². The molecule has 1 aromatic rings. The van der Waals surface area contributed by atoms with Gasteiger partial charge in [0, 0.05) is 18.0 Å². The van der Waals surface area contributed by atoms with Crippen molar-refractivity contribution in [2.24, 2.45) is 0 Å². The molecule has 1 N–H and O–H groups in total. The molecule has 0 radical (unpaired) electrons. The Bertz CT molecular complexity index is 236. The average molecular weight is 186 g/mol. The van der Waals surface area contributed by atoms with Crippen molar-refractivity contribution in [2.45, 2.75) is 26.2 Å². The summed E-state index contributed by atoms with van der Waals surface area (Å²) in [4.78, 5) is 11.1. The van der Waals surface area contributed by atoms with Crippen molar-refractivity contribution in [1.29, 1.82) is 0 Å². The van der Waals surface area contributed by atoms with Crippen LogP contribution in [-0.2, 0) is 4.79 Å². The van der Waals surface area contributed by atoms with Gasteiger partial charge in [0.2, 0.25) is 11.0 Å². The fourth-order valence-corrected chi connectivity index (χ4v) is 1.08. The number of hydrogen-bond acceptors (Lipinski definition) is 5. The second-order valence-corrected chi connectivity index (χ2v) is 3.05. The van der Waals surface area contributed by atoms with E-state index in [0.717, 1.165) is 24.4 Å². The zero-order valence-electron chi connectivity index (χ0n) is 6.78. The van der Waals surface area contributed by atoms with Crippen molar-refractivity contribution in [3.05, 3.63) is 0 Å². The normalized spacial score (nSPS) is 9.75. The summed E-state index contributed by atoms with van der Waals surface area (Å²) in [7, 11) is 0. The van der Waals surface area contributed by atoms with Crippen LogP contribution in [0.1, 0.15) is 26.2 Å². The van der Waals surface area contributed by atoms with Crippen LogP contribution in [0.2, 0.25) is 0 Å². The van der Waals surface area contributed by atoms with Crippen LogP contribution in [0.4, 0.5) is 5.13 Å². The number of amides is 1. The van der Waals surface area contributed by atoms with E-state index in [1.54, 1.807) is 0 Å². The molecule has 0 aliphatic heterocycles. The van der Waals surface area contributed by atoms with E-state index in [9.17, 15) is 4.79 Å². The fourth-order valence-electron chi connectivity index (χ4n) is 0.701. The van der Waals surface area contributed by atoms with E-state index in [1.165, 1.54) is 0 Å². The minimum Gasteiger partial charge on any atom is -0.299 e. The standard InChI is InChI=1S/C6H10N4OS/c1-2-3-4-5(11)7-6-8-9-10-12-6/h2-4H2,1H3,(H,7,8,10,11). The number of anilines is 1. The average Bonchev–Trinajstić information content (AvgIpc) is 2.53. The maximum absolute atomic E-state index is 11.1. The zero-order valence-corrected chi connectivity index (χ0v) is 7.60. The third kappa shape index (κ3) is 2.91. The van der Waals surface area contributed by atoms with Crippen LogP contribution in [0.25, 0.3) is 0 Å². The van der Waals surface area contributed by atoms with E-state index in [2.05, 4.69) is 20.1 Å². The highest BCUT2D eigenvalue weighted by Crippen LogP contribution is 2.05. The molecule has 6 heteroatoms. The Labute approximate surface area is 74.3 Å². The molecule has 0 saturated heterocycles. The van der Waals surface area contributed by atoms with Crippen molar-refractivity contribution < 1.29 is 4.79 Å². The first kappa shape index (κ1) is 9.05. The van der Waals surface area contributed by atoms with Gasteiger partial charge in [0.25, 0.3) is 0 Å². The van der Waals surface area contributed by atoms with E-state index >= 15 is 0 Å². The Morgan fingerprint density at radius 1 is 1.67 bits per heavy atom. The number of carbonyl (C=O) groups excluding carboxylic acids is 1. The van der Waals surface area contributed by atoms with Gasteiger partial charge in [-0.15, -0.1) is 0 Å². The van der Waals surface area contributed by atoms with Gasteiger partial charge in [-0.1, -0.05) is 22.9 Å². The largest absolute Gasteiger partial charge is 0.299 e. The van der Waals surface area contributed by atoms with Crippen LogP contribution in [-0.4, -0.2) is 20.7 Å². The summed E-state index contributed by atoms with van der Waals surface area (Å²) in [6, 6.07) is 0. The summed E-state index contributed by atoms with van der Waals surface area (Å²) in [5.41, 5.74) is 0. The molecule has 0 fully saturated rings. The highest BCUT2D eigenvalue weighted by Gasteiger charge is 2.03. The van der Waals surface area contributed by atoms with Crippen molar-refractivity contribution in [3.8, 4) is 0 Å². The van der Waals surface area contributed by atoms with Crippen molar-refractivity contribution >= 4 is 22.6 Å². The SMILES string of the molecule is CCCCC(=O)Nc1nnns1. The molecule has 1 rings (SSSR count). The van der Waals surface area contributed by atoms with E-state index < -0.39 is 0 Å². The monoisotopic (exact) mass is 186 g/mol. The number of unbranched alkanes of at least 4 members (excludes halogenated alkanes) is 1. The van der Waals surface area contributed by atoms with Crippen molar-refractivity contribution in [1.82, 2.24) is 14.8 Å². The molecule has 0 aromatic carbocycles. The van der Waals surface area contributed by atoms with Gasteiger partial charge < -0.3 is 0 Å². The lowest BCUT2D eigenvalue weighted by molar-refractivity contribution is -0.116. The maximum Gasteiger partial charge on any atom is 0.231 e. The highest BCUT2D eigenvalue weighted by atomic mass is 32.1. The third-order valence-electron chi connectivity index (χ3n) is 1.30. The van der Waals surface area contributed by atoms with Gasteiger partial charge in [0.15, 0.2) is 0 Å². The molecular formula is C6H10N4OS. The van der Waals surface area contributed by atoms with Crippen LogP contribution in [0.3, 0.4) is 0 Å². The summed E-state index contributed by atoms with van der Waals surface area (Å²) in [6.45, 7) is 2.04. The van der Waals surface area contributed by atoms with Gasteiger partial charge >= 0.3 is 0 Å². The predicted octanol–water partition coefficient (Wildman–Crippen LogP) is 1.06. The van der Waals surface area contributed by atoms with Gasteiger partial charge in [0.05, 0.1) is 0 Å². The minimum atomic E-state index is -0.0181. The lowest BCUT2D eigenvalue weighted by Crippen LogP contribution is -2.10.